The fourth-order valence-electron chi connectivity index (χ4n) is 1.98. The van der Waals surface area contributed by atoms with Crippen molar-refractivity contribution < 1.29 is 0 Å². The molecule has 2 aromatic rings. The monoisotopic (exact) mass is 262 g/mol. The van der Waals surface area contributed by atoms with Gasteiger partial charge in [0.05, 0.1) is 17.3 Å². The highest BCUT2D eigenvalue weighted by molar-refractivity contribution is 5.82. The normalized spacial score (nSPS) is 10.9. The van der Waals surface area contributed by atoms with Gasteiger partial charge in [-0.05, 0) is 47.7 Å². The van der Waals surface area contributed by atoms with Gasteiger partial charge in [0.15, 0.2) is 0 Å². The van der Waals surface area contributed by atoms with Crippen LogP contribution in [0.15, 0.2) is 53.5 Å². The fourth-order valence-corrected chi connectivity index (χ4v) is 1.98. The zero-order chi connectivity index (χ0) is 14.4. The molecule has 0 saturated heterocycles. The van der Waals surface area contributed by atoms with Gasteiger partial charge in [0.2, 0.25) is 0 Å². The van der Waals surface area contributed by atoms with Crippen LogP contribution in [-0.2, 0) is 6.42 Å². The SMILES string of the molecule is CC(C)Cc1ccc(N=Cc2ccc(C#N)cc2)cc1. The predicted octanol–water partition coefficient (Wildman–Crippen LogP) is 4.51. The van der Waals surface area contributed by atoms with E-state index in [-0.39, 0.29) is 0 Å². The topological polar surface area (TPSA) is 36.1 Å². The Hall–Kier alpha value is -2.40. The minimum absolute atomic E-state index is 0.667. The lowest BCUT2D eigenvalue weighted by atomic mass is 10.0. The van der Waals surface area contributed by atoms with Gasteiger partial charge in [-0.25, -0.2) is 0 Å². The summed E-state index contributed by atoms with van der Waals surface area (Å²) in [5.41, 5.74) is 3.95. The Morgan fingerprint density at radius 3 is 2.25 bits per heavy atom. The van der Waals surface area contributed by atoms with Crippen molar-refractivity contribution in [2.45, 2.75) is 20.3 Å². The molecule has 0 bridgehead atoms. The van der Waals surface area contributed by atoms with Crippen molar-refractivity contribution in [3.8, 4) is 6.07 Å². The molecule has 0 radical (unpaired) electrons. The molecule has 0 aliphatic rings. The van der Waals surface area contributed by atoms with Crippen LogP contribution in [0.25, 0.3) is 0 Å². The van der Waals surface area contributed by atoms with E-state index in [1.54, 1.807) is 12.1 Å². The second-order valence-corrected chi connectivity index (χ2v) is 5.26. The van der Waals surface area contributed by atoms with Crippen molar-refractivity contribution in [3.63, 3.8) is 0 Å². The molecule has 0 fully saturated rings. The third kappa shape index (κ3) is 4.07. The number of nitrogens with zero attached hydrogens (tertiary/aromatic N) is 2. The maximum Gasteiger partial charge on any atom is 0.0991 e. The van der Waals surface area contributed by atoms with E-state index in [4.69, 9.17) is 5.26 Å². The molecule has 20 heavy (non-hydrogen) atoms. The zero-order valence-electron chi connectivity index (χ0n) is 11.9. The van der Waals surface area contributed by atoms with Crippen molar-refractivity contribution in [3.05, 3.63) is 65.2 Å². The quantitative estimate of drug-likeness (QED) is 0.747. The molecule has 2 rings (SSSR count). The fraction of sp³-hybridized carbons (Fsp3) is 0.222. The van der Waals surface area contributed by atoms with E-state index in [1.165, 1.54) is 5.56 Å². The number of benzene rings is 2. The van der Waals surface area contributed by atoms with Crippen molar-refractivity contribution in [1.29, 1.82) is 5.26 Å². The van der Waals surface area contributed by atoms with E-state index in [1.807, 2.05) is 30.5 Å². The molecular weight excluding hydrogens is 244 g/mol. The van der Waals surface area contributed by atoms with Gasteiger partial charge in [-0.2, -0.15) is 5.26 Å². The van der Waals surface area contributed by atoms with Gasteiger partial charge >= 0.3 is 0 Å². The summed E-state index contributed by atoms with van der Waals surface area (Å²) < 4.78 is 0. The lowest BCUT2D eigenvalue weighted by Gasteiger charge is -2.04. The predicted molar refractivity (Wildman–Crippen MR) is 83.4 cm³/mol. The Balaban J connectivity index is 2.05. The molecule has 0 aliphatic carbocycles. The van der Waals surface area contributed by atoms with E-state index in [9.17, 15) is 0 Å². The number of aliphatic imine (C=N–C) groups is 1. The summed E-state index contributed by atoms with van der Waals surface area (Å²) in [6.45, 7) is 4.44. The minimum Gasteiger partial charge on any atom is -0.256 e. The average Bonchev–Trinajstić information content (AvgIpc) is 2.46. The number of rotatable bonds is 4. The molecule has 2 nitrogen and oxygen atoms in total. The molecule has 0 saturated carbocycles. The van der Waals surface area contributed by atoms with E-state index in [0.29, 0.717) is 11.5 Å². The van der Waals surface area contributed by atoms with Crippen LogP contribution >= 0.6 is 0 Å². The standard InChI is InChI=1S/C18H18N2/c1-14(2)11-15-7-9-18(10-8-15)20-13-17-5-3-16(12-19)4-6-17/h3-10,13-14H,11H2,1-2H3. The summed E-state index contributed by atoms with van der Waals surface area (Å²) in [7, 11) is 0. The van der Waals surface area contributed by atoms with Crippen LogP contribution in [0.4, 0.5) is 5.69 Å². The molecule has 2 aromatic carbocycles. The van der Waals surface area contributed by atoms with E-state index in [0.717, 1.165) is 17.7 Å². The maximum atomic E-state index is 8.74. The Morgan fingerprint density at radius 1 is 1.05 bits per heavy atom. The highest BCUT2D eigenvalue weighted by Gasteiger charge is 1.97. The van der Waals surface area contributed by atoms with Crippen LogP contribution in [0.3, 0.4) is 0 Å². The van der Waals surface area contributed by atoms with Crippen LogP contribution < -0.4 is 0 Å². The number of nitriles is 1. The first kappa shape index (κ1) is 14.0. The van der Waals surface area contributed by atoms with Crippen molar-refractivity contribution in [1.82, 2.24) is 0 Å². The first-order valence-electron chi connectivity index (χ1n) is 6.80. The van der Waals surface area contributed by atoms with Gasteiger partial charge in [0.1, 0.15) is 0 Å². The van der Waals surface area contributed by atoms with Gasteiger partial charge in [-0.15, -0.1) is 0 Å². The summed E-state index contributed by atoms with van der Waals surface area (Å²) in [6.07, 6.45) is 2.91. The molecule has 0 aromatic heterocycles. The Labute approximate surface area is 120 Å². The molecule has 100 valence electrons. The molecule has 0 N–H and O–H groups in total. The lowest BCUT2D eigenvalue weighted by molar-refractivity contribution is 0.647. The van der Waals surface area contributed by atoms with Crippen molar-refractivity contribution in [2.24, 2.45) is 10.9 Å². The molecular formula is C18H18N2. The van der Waals surface area contributed by atoms with Crippen molar-refractivity contribution in [2.75, 3.05) is 0 Å². The van der Waals surface area contributed by atoms with Crippen LogP contribution in [-0.4, -0.2) is 6.21 Å². The molecule has 0 heterocycles. The van der Waals surface area contributed by atoms with Crippen molar-refractivity contribution >= 4 is 11.9 Å². The van der Waals surface area contributed by atoms with Gasteiger partial charge in [-0.3, -0.25) is 4.99 Å². The summed E-state index contributed by atoms with van der Waals surface area (Å²) in [5.74, 6) is 0.669. The highest BCUT2D eigenvalue weighted by atomic mass is 14.7. The summed E-state index contributed by atoms with van der Waals surface area (Å²) >= 11 is 0. The maximum absolute atomic E-state index is 8.74. The Kier molecular flexibility index (Phi) is 4.68. The van der Waals surface area contributed by atoms with Crippen LogP contribution in [0, 0.1) is 17.2 Å². The molecule has 0 atom stereocenters. The largest absolute Gasteiger partial charge is 0.256 e. The molecule has 2 heteroatoms. The highest BCUT2D eigenvalue weighted by Crippen LogP contribution is 2.15. The van der Waals surface area contributed by atoms with Crippen LogP contribution in [0.2, 0.25) is 0 Å². The minimum atomic E-state index is 0.667. The van der Waals surface area contributed by atoms with Crippen LogP contribution in [0.1, 0.15) is 30.5 Å². The van der Waals surface area contributed by atoms with E-state index in [2.05, 4.69) is 37.0 Å². The third-order valence-corrected chi connectivity index (χ3v) is 2.98. The second-order valence-electron chi connectivity index (χ2n) is 5.26. The number of hydrogen-bond acceptors (Lipinski definition) is 2. The summed E-state index contributed by atoms with van der Waals surface area (Å²) in [6, 6.07) is 17.8. The zero-order valence-corrected chi connectivity index (χ0v) is 11.9. The molecule has 0 aliphatic heterocycles. The van der Waals surface area contributed by atoms with Gasteiger partial charge in [-0.1, -0.05) is 38.1 Å². The Bertz CT molecular complexity index is 614. The second kappa shape index (κ2) is 6.68. The molecule has 0 spiro atoms. The van der Waals surface area contributed by atoms with Crippen LogP contribution in [0.5, 0.6) is 0 Å². The van der Waals surface area contributed by atoms with E-state index >= 15 is 0 Å². The summed E-state index contributed by atoms with van der Waals surface area (Å²) in [5, 5.41) is 8.74. The number of hydrogen-bond donors (Lipinski definition) is 0. The first-order chi connectivity index (χ1) is 9.67. The average molecular weight is 262 g/mol. The summed E-state index contributed by atoms with van der Waals surface area (Å²) in [4.78, 5) is 4.44. The van der Waals surface area contributed by atoms with Gasteiger partial charge in [0.25, 0.3) is 0 Å². The molecule has 0 amide bonds. The Morgan fingerprint density at radius 2 is 1.70 bits per heavy atom. The smallest absolute Gasteiger partial charge is 0.0991 e. The van der Waals surface area contributed by atoms with Gasteiger partial charge in [0, 0.05) is 6.21 Å². The van der Waals surface area contributed by atoms with Gasteiger partial charge < -0.3 is 0 Å². The first-order valence-corrected chi connectivity index (χ1v) is 6.80. The third-order valence-electron chi connectivity index (χ3n) is 2.98. The molecule has 0 unspecified atom stereocenters. The van der Waals surface area contributed by atoms with E-state index < -0.39 is 0 Å². The lowest BCUT2D eigenvalue weighted by Crippen LogP contribution is -1.92.